The quantitative estimate of drug-likeness (QED) is 0.220. The van der Waals surface area contributed by atoms with Crippen LogP contribution in [0, 0.1) is 0 Å². The number of hydrogen-bond acceptors (Lipinski definition) is 0. The maximum absolute atomic E-state index is 3.76. The fourth-order valence-electron chi connectivity index (χ4n) is 2.47. The van der Waals surface area contributed by atoms with E-state index in [2.05, 4.69) is 27.7 Å². The van der Waals surface area contributed by atoms with Gasteiger partial charge >= 0.3 is 0 Å². The van der Waals surface area contributed by atoms with E-state index >= 15 is 0 Å². The van der Waals surface area contributed by atoms with Crippen LogP contribution >= 0.6 is 0 Å². The summed E-state index contributed by atoms with van der Waals surface area (Å²) in [5, 5.41) is 0. The van der Waals surface area contributed by atoms with E-state index in [-0.39, 0.29) is 0 Å². The van der Waals surface area contributed by atoms with Crippen LogP contribution in [0.25, 0.3) is 0 Å². The minimum atomic E-state index is 1.12. The van der Waals surface area contributed by atoms with Gasteiger partial charge in [-0.05, 0) is 25.7 Å². The van der Waals surface area contributed by atoms with E-state index in [1.54, 1.807) is 0 Å². The Morgan fingerprint density at radius 1 is 0.632 bits per heavy atom. The Kier molecular flexibility index (Phi) is 12.5. The molecule has 19 heavy (non-hydrogen) atoms. The van der Waals surface area contributed by atoms with Crippen molar-refractivity contribution in [3.8, 4) is 0 Å². The molecule has 0 aromatic carbocycles. The number of hydrogen-bond donors (Lipinski definition) is 0. The normalized spacial score (nSPS) is 11.7. The van der Waals surface area contributed by atoms with E-state index in [0.29, 0.717) is 0 Å². The van der Waals surface area contributed by atoms with Crippen LogP contribution in [0.5, 0.6) is 0 Å². The van der Waals surface area contributed by atoms with Crippen molar-refractivity contribution in [2.24, 2.45) is 0 Å². The molecule has 0 unspecified atom stereocenters. The molecule has 0 aliphatic rings. The van der Waals surface area contributed by atoms with Crippen molar-refractivity contribution < 1.29 is 4.48 Å². The van der Waals surface area contributed by atoms with Crippen molar-refractivity contribution in [3.63, 3.8) is 0 Å². The van der Waals surface area contributed by atoms with Crippen molar-refractivity contribution >= 4 is 0 Å². The lowest BCUT2D eigenvalue weighted by molar-refractivity contribution is -0.870. The monoisotopic (exact) mass is 268 g/mol. The highest BCUT2D eigenvalue weighted by atomic mass is 15.3. The predicted octanol–water partition coefficient (Wildman–Crippen LogP) is 5.56. The number of quaternary nitrogens is 1. The van der Waals surface area contributed by atoms with E-state index < -0.39 is 0 Å². The van der Waals surface area contributed by atoms with Crippen molar-refractivity contribution in [2.45, 2.75) is 77.0 Å². The molecule has 0 spiro atoms. The van der Waals surface area contributed by atoms with Gasteiger partial charge in [0, 0.05) is 0 Å². The van der Waals surface area contributed by atoms with Crippen molar-refractivity contribution in [3.05, 3.63) is 12.7 Å². The van der Waals surface area contributed by atoms with E-state index in [0.717, 1.165) is 4.48 Å². The van der Waals surface area contributed by atoms with E-state index in [1.807, 2.05) is 6.08 Å². The molecule has 0 fully saturated rings. The first kappa shape index (κ1) is 18.7. The second-order valence-electron chi connectivity index (χ2n) is 6.98. The van der Waals surface area contributed by atoms with Crippen molar-refractivity contribution in [1.82, 2.24) is 0 Å². The smallest absolute Gasteiger partial charge is 0.0780 e. The summed E-state index contributed by atoms with van der Waals surface area (Å²) in [6.07, 6.45) is 18.9. The van der Waals surface area contributed by atoms with Gasteiger partial charge < -0.3 is 4.48 Å². The number of unbranched alkanes of at least 4 members (excludes halogenated alkanes) is 11. The second-order valence-corrected chi connectivity index (χ2v) is 6.98. The van der Waals surface area contributed by atoms with Crippen LogP contribution in [0.2, 0.25) is 0 Å². The van der Waals surface area contributed by atoms with Gasteiger partial charge in [0.15, 0.2) is 0 Å². The molecule has 0 aromatic rings. The van der Waals surface area contributed by atoms with E-state index in [4.69, 9.17) is 0 Å². The molecule has 0 radical (unpaired) electrons. The highest BCUT2D eigenvalue weighted by molar-refractivity contribution is 4.65. The Morgan fingerprint density at radius 3 is 1.37 bits per heavy atom. The predicted molar refractivity (Wildman–Crippen MR) is 88.5 cm³/mol. The van der Waals surface area contributed by atoms with Gasteiger partial charge in [0.1, 0.15) is 0 Å². The summed E-state index contributed by atoms with van der Waals surface area (Å²) in [4.78, 5) is 0. The van der Waals surface area contributed by atoms with Crippen LogP contribution in [0.3, 0.4) is 0 Å². The third-order valence-corrected chi connectivity index (χ3v) is 3.74. The highest BCUT2D eigenvalue weighted by Crippen LogP contribution is 2.12. The van der Waals surface area contributed by atoms with Crippen LogP contribution in [-0.4, -0.2) is 32.2 Å². The lowest BCUT2D eigenvalue weighted by atomic mass is 10.1. The lowest BCUT2D eigenvalue weighted by Crippen LogP contribution is -2.35. The van der Waals surface area contributed by atoms with Crippen LogP contribution < -0.4 is 0 Å². The SMILES string of the molecule is C=CCCCCCCCCCCCCC[N+](C)(C)C. The van der Waals surface area contributed by atoms with Crippen LogP contribution in [0.4, 0.5) is 0 Å². The molecule has 0 rings (SSSR count). The summed E-state index contributed by atoms with van der Waals surface area (Å²) in [6.45, 7) is 5.09. The molecular formula is C18H38N+. The summed E-state index contributed by atoms with van der Waals surface area (Å²) in [5.41, 5.74) is 0. The van der Waals surface area contributed by atoms with E-state index in [9.17, 15) is 0 Å². The molecule has 0 bridgehead atoms. The number of rotatable bonds is 14. The minimum absolute atomic E-state index is 1.12. The van der Waals surface area contributed by atoms with E-state index in [1.165, 1.54) is 83.6 Å². The summed E-state index contributed by atoms with van der Waals surface area (Å²) >= 11 is 0. The average Bonchev–Trinajstić information content (AvgIpc) is 2.34. The van der Waals surface area contributed by atoms with Gasteiger partial charge in [-0.25, -0.2) is 0 Å². The summed E-state index contributed by atoms with van der Waals surface area (Å²) < 4.78 is 1.12. The molecular weight excluding hydrogens is 230 g/mol. The molecule has 1 nitrogen and oxygen atoms in total. The molecule has 0 saturated heterocycles. The molecule has 0 aromatic heterocycles. The van der Waals surface area contributed by atoms with Crippen molar-refractivity contribution in [1.29, 1.82) is 0 Å². The van der Waals surface area contributed by atoms with Gasteiger partial charge in [0.05, 0.1) is 27.7 Å². The zero-order chi connectivity index (χ0) is 14.4. The molecule has 0 atom stereocenters. The molecule has 0 heterocycles. The standard InChI is InChI=1S/C18H38N/c1-5-6-7-8-9-10-11-12-13-14-15-16-17-18-19(2,3)4/h5H,1,6-18H2,2-4H3/q+1. The van der Waals surface area contributed by atoms with Crippen LogP contribution in [-0.2, 0) is 0 Å². The fraction of sp³-hybridized carbons (Fsp3) is 0.889. The van der Waals surface area contributed by atoms with Gasteiger partial charge in [-0.15, -0.1) is 6.58 Å². The van der Waals surface area contributed by atoms with Gasteiger partial charge in [-0.1, -0.05) is 57.4 Å². The Labute approximate surface area is 122 Å². The molecule has 0 N–H and O–H groups in total. The summed E-state index contributed by atoms with van der Waals surface area (Å²) in [5.74, 6) is 0. The summed E-state index contributed by atoms with van der Waals surface area (Å²) in [7, 11) is 6.86. The van der Waals surface area contributed by atoms with Crippen LogP contribution in [0.15, 0.2) is 12.7 Å². The van der Waals surface area contributed by atoms with Gasteiger partial charge in [-0.2, -0.15) is 0 Å². The van der Waals surface area contributed by atoms with Crippen molar-refractivity contribution in [2.75, 3.05) is 27.7 Å². The molecule has 0 amide bonds. The number of allylic oxidation sites excluding steroid dienone is 1. The Bertz CT molecular complexity index is 190. The Balaban J connectivity index is 3.01. The lowest BCUT2D eigenvalue weighted by Gasteiger charge is -2.23. The zero-order valence-electron chi connectivity index (χ0n) is 13.9. The van der Waals surface area contributed by atoms with Gasteiger partial charge in [0.2, 0.25) is 0 Å². The first-order valence-corrected chi connectivity index (χ1v) is 8.47. The third kappa shape index (κ3) is 17.7. The number of nitrogens with zero attached hydrogens (tertiary/aromatic N) is 1. The molecule has 0 saturated carbocycles. The Hall–Kier alpha value is -0.300. The molecule has 0 aliphatic heterocycles. The second kappa shape index (κ2) is 12.7. The zero-order valence-corrected chi connectivity index (χ0v) is 13.9. The fourth-order valence-corrected chi connectivity index (χ4v) is 2.47. The maximum Gasteiger partial charge on any atom is 0.0780 e. The largest absolute Gasteiger partial charge is 0.331 e. The molecule has 1 heteroatoms. The van der Waals surface area contributed by atoms with Gasteiger partial charge in [0.25, 0.3) is 0 Å². The topological polar surface area (TPSA) is 0 Å². The minimum Gasteiger partial charge on any atom is -0.331 e. The third-order valence-electron chi connectivity index (χ3n) is 3.74. The molecule has 114 valence electrons. The van der Waals surface area contributed by atoms with Gasteiger partial charge in [-0.3, -0.25) is 0 Å². The highest BCUT2D eigenvalue weighted by Gasteiger charge is 2.04. The van der Waals surface area contributed by atoms with Crippen LogP contribution in [0.1, 0.15) is 77.0 Å². The first-order valence-electron chi connectivity index (χ1n) is 8.47. The average molecular weight is 269 g/mol. The Morgan fingerprint density at radius 2 is 1.00 bits per heavy atom. The maximum atomic E-state index is 3.76. The first-order chi connectivity index (χ1) is 9.06. The summed E-state index contributed by atoms with van der Waals surface area (Å²) in [6, 6.07) is 0. The molecule has 0 aliphatic carbocycles.